The van der Waals surface area contributed by atoms with E-state index in [0.29, 0.717) is 34.5 Å². The minimum atomic E-state index is -3.89. The van der Waals surface area contributed by atoms with E-state index < -0.39 is 28.5 Å². The molecule has 1 N–H and O–H groups in total. The molecule has 0 aliphatic heterocycles. The molecular weight excluding hydrogens is 597 g/mol. The van der Waals surface area contributed by atoms with Crippen LogP contribution < -0.4 is 14.4 Å². The molecule has 3 aromatic rings. The van der Waals surface area contributed by atoms with Gasteiger partial charge >= 0.3 is 0 Å². The van der Waals surface area contributed by atoms with Crippen LogP contribution in [-0.4, -0.2) is 57.1 Å². The Morgan fingerprint density at radius 1 is 0.929 bits per heavy atom. The highest BCUT2D eigenvalue weighted by atomic mass is 35.5. The fourth-order valence-corrected chi connectivity index (χ4v) is 5.69. The van der Waals surface area contributed by atoms with E-state index in [1.54, 1.807) is 42.5 Å². The quantitative estimate of drug-likeness (QED) is 0.250. The Labute approximate surface area is 258 Å². The number of carbonyl (C=O) groups is 2. The second-order valence-electron chi connectivity index (χ2n) is 10.3. The number of benzene rings is 3. The molecule has 0 fully saturated rings. The van der Waals surface area contributed by atoms with Gasteiger partial charge in [-0.05, 0) is 54.8 Å². The molecular formula is C31H37Cl2N3O5S. The van der Waals surface area contributed by atoms with Crippen LogP contribution in [0.5, 0.6) is 5.75 Å². The van der Waals surface area contributed by atoms with Gasteiger partial charge in [-0.2, -0.15) is 0 Å². The van der Waals surface area contributed by atoms with E-state index in [9.17, 15) is 18.0 Å². The van der Waals surface area contributed by atoms with Gasteiger partial charge in [-0.25, -0.2) is 8.42 Å². The van der Waals surface area contributed by atoms with Crippen molar-refractivity contribution in [3.05, 3.63) is 94.0 Å². The van der Waals surface area contributed by atoms with Crippen LogP contribution in [-0.2, 0) is 32.6 Å². The van der Waals surface area contributed by atoms with E-state index in [2.05, 4.69) is 5.32 Å². The van der Waals surface area contributed by atoms with Gasteiger partial charge in [0, 0.05) is 35.1 Å². The van der Waals surface area contributed by atoms with Crippen LogP contribution in [0, 0.1) is 5.92 Å². The molecule has 0 saturated heterocycles. The summed E-state index contributed by atoms with van der Waals surface area (Å²) >= 11 is 13.0. The lowest BCUT2D eigenvalue weighted by atomic mass is 10.0. The average molecular weight is 635 g/mol. The molecule has 11 heteroatoms. The number of nitrogens with zero attached hydrogens (tertiary/aromatic N) is 2. The minimum absolute atomic E-state index is 0.106. The summed E-state index contributed by atoms with van der Waals surface area (Å²) in [7, 11) is -3.89. The molecule has 0 aliphatic carbocycles. The lowest BCUT2D eigenvalue weighted by Crippen LogP contribution is -2.53. The molecule has 3 aromatic carbocycles. The van der Waals surface area contributed by atoms with Crippen molar-refractivity contribution in [2.75, 3.05) is 30.3 Å². The number of sulfonamides is 1. The van der Waals surface area contributed by atoms with Crippen LogP contribution in [0.15, 0.2) is 72.8 Å². The van der Waals surface area contributed by atoms with Gasteiger partial charge in [0.05, 0.1) is 18.6 Å². The lowest BCUT2D eigenvalue weighted by molar-refractivity contribution is -0.140. The molecule has 0 unspecified atom stereocenters. The van der Waals surface area contributed by atoms with E-state index in [-0.39, 0.29) is 30.5 Å². The minimum Gasteiger partial charge on any atom is -0.494 e. The molecule has 8 nitrogen and oxygen atoms in total. The fourth-order valence-electron chi connectivity index (χ4n) is 4.32. The van der Waals surface area contributed by atoms with Crippen molar-refractivity contribution in [2.24, 2.45) is 5.92 Å². The Kier molecular flexibility index (Phi) is 12.1. The normalized spacial score (nSPS) is 12.1. The number of rotatable bonds is 14. The zero-order chi connectivity index (χ0) is 30.9. The highest BCUT2D eigenvalue weighted by Gasteiger charge is 2.33. The van der Waals surface area contributed by atoms with Crippen molar-refractivity contribution < 1.29 is 22.7 Å². The first-order valence-electron chi connectivity index (χ1n) is 13.6. The summed E-state index contributed by atoms with van der Waals surface area (Å²) in [6, 6.07) is 19.8. The first-order chi connectivity index (χ1) is 19.9. The number of anilines is 1. The van der Waals surface area contributed by atoms with Crippen molar-refractivity contribution in [3.63, 3.8) is 0 Å². The highest BCUT2D eigenvalue weighted by Crippen LogP contribution is 2.28. The monoisotopic (exact) mass is 633 g/mol. The van der Waals surface area contributed by atoms with Crippen LogP contribution >= 0.6 is 23.2 Å². The molecule has 42 heavy (non-hydrogen) atoms. The average Bonchev–Trinajstić information content (AvgIpc) is 2.94. The van der Waals surface area contributed by atoms with Crippen molar-refractivity contribution in [1.29, 1.82) is 0 Å². The highest BCUT2D eigenvalue weighted by molar-refractivity contribution is 7.92. The molecule has 0 bridgehead atoms. The standard InChI is InChI=1S/C31H37Cl2N3O5S/c1-5-41-25-16-14-24(15-17-25)36(42(4,39)40)21-30(37)35(20-26-27(32)12-9-13-28(26)33)29(31(38)34-19-22(2)3)18-23-10-7-6-8-11-23/h6-17,22,29H,5,18-21H2,1-4H3,(H,34,38)/t29-/m0/s1. The summed E-state index contributed by atoms with van der Waals surface area (Å²) in [5.74, 6) is -0.211. The molecule has 0 aliphatic rings. The molecule has 2 amide bonds. The van der Waals surface area contributed by atoms with Gasteiger partial charge < -0.3 is 15.0 Å². The number of hydrogen-bond donors (Lipinski definition) is 1. The van der Waals surface area contributed by atoms with Crippen LogP contribution in [0.3, 0.4) is 0 Å². The summed E-state index contributed by atoms with van der Waals surface area (Å²) in [5, 5.41) is 3.60. The summed E-state index contributed by atoms with van der Waals surface area (Å²) < 4.78 is 32.4. The fraction of sp³-hybridized carbons (Fsp3) is 0.355. The van der Waals surface area contributed by atoms with Crippen molar-refractivity contribution in [1.82, 2.24) is 10.2 Å². The predicted octanol–water partition coefficient (Wildman–Crippen LogP) is 5.57. The number of halogens is 2. The Morgan fingerprint density at radius 3 is 2.10 bits per heavy atom. The largest absolute Gasteiger partial charge is 0.494 e. The maximum absolute atomic E-state index is 14.2. The topological polar surface area (TPSA) is 96.0 Å². The van der Waals surface area contributed by atoms with E-state index in [1.165, 1.54) is 4.90 Å². The third-order valence-electron chi connectivity index (χ3n) is 6.46. The number of carbonyl (C=O) groups excluding carboxylic acids is 2. The van der Waals surface area contributed by atoms with Crippen molar-refractivity contribution >= 4 is 50.7 Å². The Balaban J connectivity index is 2.07. The van der Waals surface area contributed by atoms with Gasteiger partial charge in [0.15, 0.2) is 0 Å². The zero-order valence-electron chi connectivity index (χ0n) is 24.2. The zero-order valence-corrected chi connectivity index (χ0v) is 26.5. The molecule has 0 heterocycles. The van der Waals surface area contributed by atoms with Crippen LogP contribution in [0.25, 0.3) is 0 Å². The summed E-state index contributed by atoms with van der Waals surface area (Å²) in [4.78, 5) is 29.2. The second-order valence-corrected chi connectivity index (χ2v) is 13.0. The third kappa shape index (κ3) is 9.37. The molecule has 0 radical (unpaired) electrons. The SMILES string of the molecule is CCOc1ccc(N(CC(=O)N(Cc2c(Cl)cccc2Cl)[C@@H](Cc2ccccc2)C(=O)NCC(C)C)S(C)(=O)=O)cc1. The van der Waals surface area contributed by atoms with Gasteiger partial charge in [-0.3, -0.25) is 13.9 Å². The maximum Gasteiger partial charge on any atom is 0.244 e. The molecule has 1 atom stereocenters. The Morgan fingerprint density at radius 2 is 1.55 bits per heavy atom. The number of ether oxygens (including phenoxy) is 1. The second kappa shape index (κ2) is 15.3. The molecule has 0 aromatic heterocycles. The van der Waals surface area contributed by atoms with Crippen LogP contribution in [0.2, 0.25) is 10.0 Å². The first kappa shape index (κ1) is 33.2. The van der Waals surface area contributed by atoms with E-state index in [4.69, 9.17) is 27.9 Å². The van der Waals surface area contributed by atoms with Gasteiger partial charge in [-0.15, -0.1) is 0 Å². The number of amides is 2. The van der Waals surface area contributed by atoms with Gasteiger partial charge in [0.1, 0.15) is 18.3 Å². The summed E-state index contributed by atoms with van der Waals surface area (Å²) in [6.07, 6.45) is 1.23. The van der Waals surface area contributed by atoms with Crippen LogP contribution in [0.1, 0.15) is 31.9 Å². The summed E-state index contributed by atoms with van der Waals surface area (Å²) in [5.41, 5.74) is 1.57. The van der Waals surface area contributed by atoms with Gasteiger partial charge in [0.2, 0.25) is 21.8 Å². The van der Waals surface area contributed by atoms with Gasteiger partial charge in [-0.1, -0.05) is 73.4 Å². The summed E-state index contributed by atoms with van der Waals surface area (Å²) in [6.45, 7) is 6.00. The Hall–Kier alpha value is -3.27. The van der Waals surface area contributed by atoms with Gasteiger partial charge in [0.25, 0.3) is 0 Å². The molecule has 3 rings (SSSR count). The molecule has 226 valence electrons. The van der Waals surface area contributed by atoms with E-state index in [1.807, 2.05) is 51.1 Å². The van der Waals surface area contributed by atoms with E-state index in [0.717, 1.165) is 16.1 Å². The first-order valence-corrected chi connectivity index (χ1v) is 16.3. The van der Waals surface area contributed by atoms with E-state index >= 15 is 0 Å². The maximum atomic E-state index is 14.2. The van der Waals surface area contributed by atoms with Crippen LogP contribution in [0.4, 0.5) is 5.69 Å². The van der Waals surface area contributed by atoms with Crippen molar-refractivity contribution in [3.8, 4) is 5.75 Å². The Bertz CT molecular complexity index is 1430. The third-order valence-corrected chi connectivity index (χ3v) is 8.31. The predicted molar refractivity (Wildman–Crippen MR) is 169 cm³/mol. The smallest absolute Gasteiger partial charge is 0.244 e. The molecule has 0 saturated carbocycles. The lowest BCUT2D eigenvalue weighted by Gasteiger charge is -2.34. The number of nitrogens with one attached hydrogen (secondary N) is 1. The number of hydrogen-bond acceptors (Lipinski definition) is 5. The molecule has 0 spiro atoms. The van der Waals surface area contributed by atoms with Crippen molar-refractivity contribution in [2.45, 2.75) is 39.8 Å².